The number of carbonyl (C=O) groups excluding carboxylic acids is 1. The van der Waals surface area contributed by atoms with Crippen molar-refractivity contribution in [3.05, 3.63) is 42.2 Å². The Labute approximate surface area is 159 Å². The van der Waals surface area contributed by atoms with E-state index in [-0.39, 0.29) is 18.6 Å². The number of nitrogens with zero attached hydrogens (tertiary/aromatic N) is 3. The Hall–Kier alpha value is -2.83. The van der Waals surface area contributed by atoms with Crippen molar-refractivity contribution in [1.29, 1.82) is 0 Å². The molecule has 1 aliphatic heterocycles. The maximum atomic E-state index is 12.5. The van der Waals surface area contributed by atoms with E-state index in [1.54, 1.807) is 36.5 Å². The third kappa shape index (κ3) is 5.32. The topological polar surface area (TPSA) is 73.8 Å². The number of amides is 1. The minimum Gasteiger partial charge on any atom is -0.497 e. The fourth-order valence-electron chi connectivity index (χ4n) is 2.92. The first-order chi connectivity index (χ1) is 13.2. The smallest absolute Gasteiger partial charge is 0.316 e. The van der Waals surface area contributed by atoms with Crippen molar-refractivity contribution in [3.8, 4) is 17.5 Å². The van der Waals surface area contributed by atoms with Crippen LogP contribution in [-0.2, 0) is 11.2 Å². The van der Waals surface area contributed by atoms with Crippen LogP contribution >= 0.6 is 0 Å². The molecule has 144 valence electrons. The van der Waals surface area contributed by atoms with Crippen molar-refractivity contribution in [2.24, 2.45) is 0 Å². The van der Waals surface area contributed by atoms with Crippen molar-refractivity contribution in [2.45, 2.75) is 32.3 Å². The molecule has 0 spiro atoms. The Morgan fingerprint density at radius 3 is 2.78 bits per heavy atom. The van der Waals surface area contributed by atoms with Gasteiger partial charge in [-0.1, -0.05) is 13.0 Å². The van der Waals surface area contributed by atoms with Crippen LogP contribution in [0.5, 0.6) is 17.5 Å². The molecule has 27 heavy (non-hydrogen) atoms. The molecular formula is C20H25N3O4. The van der Waals surface area contributed by atoms with Gasteiger partial charge >= 0.3 is 6.01 Å². The van der Waals surface area contributed by atoms with Crippen LogP contribution in [0.15, 0.2) is 36.7 Å². The maximum Gasteiger partial charge on any atom is 0.316 e. The minimum atomic E-state index is -0.105. The van der Waals surface area contributed by atoms with Crippen LogP contribution in [0.1, 0.15) is 25.3 Å². The quantitative estimate of drug-likeness (QED) is 0.745. The molecule has 0 bridgehead atoms. The molecule has 1 amide bonds. The number of likely N-dealkylation sites (tertiary alicyclic amines) is 1. The van der Waals surface area contributed by atoms with Gasteiger partial charge in [0.1, 0.15) is 17.6 Å². The lowest BCUT2D eigenvalue weighted by atomic mass is 10.1. The van der Waals surface area contributed by atoms with E-state index in [1.165, 1.54) is 0 Å². The molecule has 2 aromatic rings. The number of aryl methyl sites for hydroxylation is 1. The van der Waals surface area contributed by atoms with Crippen LogP contribution in [0, 0.1) is 0 Å². The van der Waals surface area contributed by atoms with E-state index in [2.05, 4.69) is 16.9 Å². The summed E-state index contributed by atoms with van der Waals surface area (Å²) in [6.45, 7) is 3.26. The van der Waals surface area contributed by atoms with Gasteiger partial charge in [0, 0.05) is 25.0 Å². The second kappa shape index (κ2) is 9.21. The summed E-state index contributed by atoms with van der Waals surface area (Å²) in [7, 11) is 1.59. The summed E-state index contributed by atoms with van der Waals surface area (Å²) in [6, 6.07) is 7.57. The number of ether oxygens (including phenoxy) is 3. The molecule has 1 atom stereocenters. The van der Waals surface area contributed by atoms with Crippen molar-refractivity contribution in [1.82, 2.24) is 14.9 Å². The highest BCUT2D eigenvalue weighted by Gasteiger charge is 2.25. The molecule has 0 aliphatic carbocycles. The summed E-state index contributed by atoms with van der Waals surface area (Å²) in [4.78, 5) is 22.7. The van der Waals surface area contributed by atoms with E-state index in [9.17, 15) is 4.79 Å². The molecule has 7 nitrogen and oxygen atoms in total. The fraction of sp³-hybridized carbons (Fsp3) is 0.450. The Morgan fingerprint density at radius 1 is 1.26 bits per heavy atom. The molecular weight excluding hydrogens is 346 g/mol. The molecule has 1 saturated heterocycles. The van der Waals surface area contributed by atoms with E-state index in [0.29, 0.717) is 30.6 Å². The molecule has 0 saturated carbocycles. The van der Waals surface area contributed by atoms with Crippen LogP contribution in [0.4, 0.5) is 0 Å². The third-order valence-electron chi connectivity index (χ3n) is 4.50. The third-order valence-corrected chi connectivity index (χ3v) is 4.50. The van der Waals surface area contributed by atoms with Crippen molar-refractivity contribution in [2.75, 3.05) is 26.8 Å². The minimum absolute atomic E-state index is 0.0123. The highest BCUT2D eigenvalue weighted by atomic mass is 16.5. The van der Waals surface area contributed by atoms with Gasteiger partial charge in [-0.05, 0) is 37.0 Å². The number of methoxy groups -OCH3 is 1. The molecule has 1 unspecified atom stereocenters. The van der Waals surface area contributed by atoms with E-state index in [4.69, 9.17) is 14.2 Å². The van der Waals surface area contributed by atoms with Crippen molar-refractivity contribution < 1.29 is 19.0 Å². The SMILES string of the molecule is CCc1cnc(OC2CCCN(C(=O)COc3cccc(OC)c3)C2)nc1. The van der Waals surface area contributed by atoms with Crippen LogP contribution in [-0.4, -0.2) is 53.7 Å². The Bertz CT molecular complexity index is 751. The summed E-state index contributed by atoms with van der Waals surface area (Å²) >= 11 is 0. The molecule has 0 radical (unpaired) electrons. The van der Waals surface area contributed by atoms with Gasteiger partial charge in [0.05, 0.1) is 13.7 Å². The van der Waals surface area contributed by atoms with Crippen LogP contribution in [0.2, 0.25) is 0 Å². The Morgan fingerprint density at radius 2 is 2.04 bits per heavy atom. The van der Waals surface area contributed by atoms with E-state index in [0.717, 1.165) is 24.8 Å². The summed E-state index contributed by atoms with van der Waals surface area (Å²) in [6.07, 6.45) is 6.08. The van der Waals surface area contributed by atoms with Crippen LogP contribution in [0.25, 0.3) is 0 Å². The summed E-state index contributed by atoms with van der Waals surface area (Å²) < 4.78 is 16.6. The number of rotatable bonds is 7. The van der Waals surface area contributed by atoms with Gasteiger partial charge < -0.3 is 19.1 Å². The molecule has 1 fully saturated rings. The van der Waals surface area contributed by atoms with Gasteiger partial charge in [-0.15, -0.1) is 0 Å². The van der Waals surface area contributed by atoms with Gasteiger partial charge in [-0.25, -0.2) is 9.97 Å². The first-order valence-electron chi connectivity index (χ1n) is 9.20. The molecule has 1 aromatic heterocycles. The van der Waals surface area contributed by atoms with E-state index < -0.39 is 0 Å². The Kier molecular flexibility index (Phi) is 6.46. The van der Waals surface area contributed by atoms with Gasteiger partial charge in [-0.3, -0.25) is 4.79 Å². The zero-order chi connectivity index (χ0) is 19.1. The number of carbonyl (C=O) groups is 1. The molecule has 0 N–H and O–H groups in total. The number of piperidine rings is 1. The number of benzene rings is 1. The van der Waals surface area contributed by atoms with Crippen LogP contribution in [0.3, 0.4) is 0 Å². The largest absolute Gasteiger partial charge is 0.497 e. The lowest BCUT2D eigenvalue weighted by molar-refractivity contribution is -0.136. The maximum absolute atomic E-state index is 12.5. The number of hydrogen-bond acceptors (Lipinski definition) is 6. The summed E-state index contributed by atoms with van der Waals surface area (Å²) in [5.41, 5.74) is 1.07. The van der Waals surface area contributed by atoms with Crippen molar-refractivity contribution >= 4 is 5.91 Å². The average Bonchev–Trinajstić information content (AvgIpc) is 2.73. The zero-order valence-corrected chi connectivity index (χ0v) is 15.8. The average molecular weight is 371 g/mol. The zero-order valence-electron chi connectivity index (χ0n) is 15.8. The molecule has 1 aliphatic rings. The summed E-state index contributed by atoms with van der Waals surface area (Å²) in [5, 5.41) is 0. The fourth-order valence-corrected chi connectivity index (χ4v) is 2.92. The number of aromatic nitrogens is 2. The lowest BCUT2D eigenvalue weighted by Gasteiger charge is -2.32. The first-order valence-corrected chi connectivity index (χ1v) is 9.20. The van der Waals surface area contributed by atoms with Gasteiger partial charge in [0.25, 0.3) is 5.91 Å². The molecule has 7 heteroatoms. The normalized spacial score (nSPS) is 16.7. The molecule has 3 rings (SSSR count). The lowest BCUT2D eigenvalue weighted by Crippen LogP contribution is -2.46. The van der Waals surface area contributed by atoms with E-state index >= 15 is 0 Å². The second-order valence-corrected chi connectivity index (χ2v) is 6.42. The molecule has 1 aromatic carbocycles. The van der Waals surface area contributed by atoms with Crippen molar-refractivity contribution in [3.63, 3.8) is 0 Å². The first kappa shape index (κ1) is 18.9. The summed E-state index contributed by atoms with van der Waals surface area (Å²) in [5.74, 6) is 1.24. The Balaban J connectivity index is 1.51. The highest BCUT2D eigenvalue weighted by molar-refractivity contribution is 5.78. The van der Waals surface area contributed by atoms with Gasteiger partial charge in [-0.2, -0.15) is 0 Å². The predicted octanol–water partition coefficient (Wildman–Crippen LogP) is 2.50. The number of hydrogen-bond donors (Lipinski definition) is 0. The van der Waals surface area contributed by atoms with E-state index in [1.807, 2.05) is 12.1 Å². The van der Waals surface area contributed by atoms with Crippen LogP contribution < -0.4 is 14.2 Å². The standard InChI is InChI=1S/C20H25N3O4/c1-3-15-11-21-20(22-12-15)27-18-8-5-9-23(13-18)19(24)14-26-17-7-4-6-16(10-17)25-2/h4,6-7,10-12,18H,3,5,8-9,13-14H2,1-2H3. The van der Waals surface area contributed by atoms with Gasteiger partial charge in [0.2, 0.25) is 0 Å². The second-order valence-electron chi connectivity index (χ2n) is 6.42. The monoisotopic (exact) mass is 371 g/mol. The molecule has 2 heterocycles. The predicted molar refractivity (Wildman–Crippen MR) is 100 cm³/mol. The van der Waals surface area contributed by atoms with Gasteiger partial charge in [0.15, 0.2) is 6.61 Å². The highest BCUT2D eigenvalue weighted by Crippen LogP contribution is 2.20.